The van der Waals surface area contributed by atoms with Gasteiger partial charge in [-0.2, -0.15) is 0 Å². The molecule has 4 nitrogen and oxygen atoms in total. The molecule has 1 saturated heterocycles. The average Bonchev–Trinajstić information content (AvgIpc) is 2.50. The molecule has 1 aliphatic rings. The van der Waals surface area contributed by atoms with Crippen molar-refractivity contribution in [3.8, 4) is 0 Å². The molecule has 1 aromatic rings. The molecule has 2 N–H and O–H groups in total. The minimum Gasteiger partial charge on any atom is -0.450 e. The van der Waals surface area contributed by atoms with Gasteiger partial charge in [0, 0.05) is 42.4 Å². The number of amides is 1. The monoisotopic (exact) mass is 345 g/mol. The molecule has 0 saturated carbocycles. The normalized spacial score (nSPS) is 15.9. The average molecular weight is 346 g/mol. The predicted molar refractivity (Wildman–Crippen MR) is 88.6 cm³/mol. The van der Waals surface area contributed by atoms with Crippen molar-refractivity contribution in [1.82, 2.24) is 4.90 Å². The molecule has 0 atom stereocenters. The van der Waals surface area contributed by atoms with Gasteiger partial charge in [0.05, 0.1) is 19.2 Å². The van der Waals surface area contributed by atoms with E-state index in [9.17, 15) is 4.79 Å². The van der Waals surface area contributed by atoms with Crippen LogP contribution in [0.1, 0.15) is 25.3 Å². The van der Waals surface area contributed by atoms with Crippen LogP contribution in [0.25, 0.3) is 0 Å². The maximum absolute atomic E-state index is 11.6. The third-order valence-electron chi connectivity index (χ3n) is 3.99. The van der Waals surface area contributed by atoms with Gasteiger partial charge < -0.3 is 15.0 Å². The molecule has 1 amide bonds. The van der Waals surface area contributed by atoms with E-state index in [4.69, 9.17) is 27.9 Å². The summed E-state index contributed by atoms with van der Waals surface area (Å²) in [7, 11) is 0. The fourth-order valence-corrected chi connectivity index (χ4v) is 3.23. The molecule has 6 heteroatoms. The van der Waals surface area contributed by atoms with E-state index in [1.165, 1.54) is 0 Å². The van der Waals surface area contributed by atoms with Gasteiger partial charge in [0.1, 0.15) is 0 Å². The molecule has 22 heavy (non-hydrogen) atoms. The summed E-state index contributed by atoms with van der Waals surface area (Å²) < 4.78 is 5.03. The molecule has 0 radical (unpaired) electrons. The van der Waals surface area contributed by atoms with Gasteiger partial charge in [0.25, 0.3) is 0 Å². The summed E-state index contributed by atoms with van der Waals surface area (Å²) >= 11 is 12.1. The highest BCUT2D eigenvalue weighted by Gasteiger charge is 2.25. The van der Waals surface area contributed by atoms with Crippen LogP contribution in [-0.2, 0) is 11.2 Å². The number of carbonyl (C=O) groups is 1. The number of benzene rings is 1. The Hall–Kier alpha value is -0.970. The topological polar surface area (TPSA) is 46.1 Å². The molecule has 0 aromatic heterocycles. The van der Waals surface area contributed by atoms with Gasteiger partial charge in [-0.15, -0.1) is 0 Å². The smallest absolute Gasteiger partial charge is 0.409 e. The first-order valence-corrected chi connectivity index (χ1v) is 8.54. The highest BCUT2D eigenvalue weighted by molar-refractivity contribution is 6.35. The fraction of sp³-hybridized carbons (Fsp3) is 0.562. The molecule has 1 fully saturated rings. The zero-order valence-electron chi connectivity index (χ0n) is 12.9. The van der Waals surface area contributed by atoms with Crippen LogP contribution in [0, 0.1) is 0 Å². The number of likely N-dealkylation sites (tertiary alicyclic amines) is 1. The van der Waals surface area contributed by atoms with Crippen LogP contribution in [0.3, 0.4) is 0 Å². The molecule has 0 bridgehead atoms. The third kappa shape index (κ3) is 5.04. The molecule has 1 heterocycles. The molecule has 1 aliphatic heterocycles. The summed E-state index contributed by atoms with van der Waals surface area (Å²) in [5.74, 6) is 0. The van der Waals surface area contributed by atoms with Gasteiger partial charge in [-0.25, -0.2) is 4.79 Å². The van der Waals surface area contributed by atoms with Crippen LogP contribution in [0.15, 0.2) is 18.2 Å². The Morgan fingerprint density at radius 3 is 2.73 bits per heavy atom. The number of halogens is 2. The number of quaternary nitrogens is 1. The second-order valence-corrected chi connectivity index (χ2v) is 6.38. The van der Waals surface area contributed by atoms with Crippen molar-refractivity contribution in [3.63, 3.8) is 0 Å². The van der Waals surface area contributed by atoms with Gasteiger partial charge in [0.15, 0.2) is 0 Å². The lowest BCUT2D eigenvalue weighted by Gasteiger charge is -2.29. The second kappa shape index (κ2) is 8.61. The molecule has 0 spiro atoms. The quantitative estimate of drug-likeness (QED) is 0.891. The van der Waals surface area contributed by atoms with Gasteiger partial charge in [-0.3, -0.25) is 0 Å². The van der Waals surface area contributed by atoms with Crippen LogP contribution >= 0.6 is 23.2 Å². The first-order valence-electron chi connectivity index (χ1n) is 7.79. The van der Waals surface area contributed by atoms with Crippen molar-refractivity contribution in [2.24, 2.45) is 0 Å². The van der Waals surface area contributed by atoms with Gasteiger partial charge in [-0.1, -0.05) is 29.3 Å². The van der Waals surface area contributed by atoms with E-state index in [1.807, 2.05) is 19.1 Å². The van der Waals surface area contributed by atoms with Crippen molar-refractivity contribution in [2.45, 2.75) is 32.2 Å². The third-order valence-corrected chi connectivity index (χ3v) is 4.58. The van der Waals surface area contributed by atoms with Crippen LogP contribution in [0.5, 0.6) is 0 Å². The summed E-state index contributed by atoms with van der Waals surface area (Å²) in [4.78, 5) is 13.4. The number of nitrogens with two attached hydrogens (primary N) is 1. The summed E-state index contributed by atoms with van der Waals surface area (Å²) in [5.41, 5.74) is 1.13. The first kappa shape index (κ1) is 17.4. The number of ether oxygens (including phenoxy) is 1. The number of hydrogen-bond acceptors (Lipinski definition) is 2. The van der Waals surface area contributed by atoms with Crippen molar-refractivity contribution in [2.75, 3.05) is 26.2 Å². The van der Waals surface area contributed by atoms with Gasteiger partial charge in [-0.05, 0) is 24.6 Å². The summed E-state index contributed by atoms with van der Waals surface area (Å²) in [5, 5.41) is 3.76. The Labute approximate surface area is 141 Å². The largest absolute Gasteiger partial charge is 0.450 e. The Morgan fingerprint density at radius 2 is 2.09 bits per heavy atom. The van der Waals surface area contributed by atoms with Crippen LogP contribution < -0.4 is 5.32 Å². The lowest BCUT2D eigenvalue weighted by molar-refractivity contribution is -0.691. The molecule has 1 aromatic carbocycles. The highest BCUT2D eigenvalue weighted by atomic mass is 35.5. The van der Waals surface area contributed by atoms with E-state index in [1.54, 1.807) is 11.0 Å². The van der Waals surface area contributed by atoms with Crippen LogP contribution in [0.4, 0.5) is 4.79 Å². The Bertz CT molecular complexity index is 503. The number of hydrogen-bond donors (Lipinski definition) is 1. The van der Waals surface area contributed by atoms with E-state index < -0.39 is 0 Å². The Morgan fingerprint density at radius 1 is 1.36 bits per heavy atom. The fourth-order valence-electron chi connectivity index (χ4n) is 2.73. The standard InChI is InChI=1S/C16H22Cl2N2O2/c1-2-22-16(21)20-9-6-14(7-10-20)19-8-5-12-3-4-13(17)11-15(12)18/h3-4,11,14,19H,2,5-10H2,1H3/p+1. The van der Waals surface area contributed by atoms with E-state index in [-0.39, 0.29) is 6.09 Å². The Kier molecular flexibility index (Phi) is 6.80. The predicted octanol–water partition coefficient (Wildman–Crippen LogP) is 2.72. The van der Waals surface area contributed by atoms with Gasteiger partial charge in [0.2, 0.25) is 0 Å². The van der Waals surface area contributed by atoms with Crippen LogP contribution in [-0.4, -0.2) is 43.3 Å². The van der Waals surface area contributed by atoms with Gasteiger partial charge >= 0.3 is 6.09 Å². The summed E-state index contributed by atoms with van der Waals surface area (Å²) in [6, 6.07) is 6.22. The zero-order chi connectivity index (χ0) is 15.9. The number of nitrogens with zero attached hydrogens (tertiary/aromatic N) is 1. The van der Waals surface area contributed by atoms with E-state index >= 15 is 0 Å². The first-order chi connectivity index (χ1) is 10.6. The molecule has 2 rings (SSSR count). The van der Waals surface area contributed by atoms with E-state index in [2.05, 4.69) is 5.32 Å². The van der Waals surface area contributed by atoms with Crippen molar-refractivity contribution >= 4 is 29.3 Å². The molecule has 0 unspecified atom stereocenters. The SMILES string of the molecule is CCOC(=O)N1CCC([NH2+]CCc2ccc(Cl)cc2Cl)CC1. The summed E-state index contributed by atoms with van der Waals surface area (Å²) in [6.45, 7) is 4.82. The highest BCUT2D eigenvalue weighted by Crippen LogP contribution is 2.20. The Balaban J connectivity index is 1.70. The number of carbonyl (C=O) groups excluding carboxylic acids is 1. The lowest BCUT2D eigenvalue weighted by Crippen LogP contribution is -2.91. The number of piperidine rings is 1. The van der Waals surface area contributed by atoms with Crippen LogP contribution in [0.2, 0.25) is 10.0 Å². The second-order valence-electron chi connectivity index (χ2n) is 5.53. The molecular formula is C16H23Cl2N2O2+. The zero-order valence-corrected chi connectivity index (χ0v) is 14.4. The number of rotatable bonds is 5. The van der Waals surface area contributed by atoms with Crippen molar-refractivity contribution < 1.29 is 14.8 Å². The van der Waals surface area contributed by atoms with E-state index in [0.29, 0.717) is 17.7 Å². The lowest BCUT2D eigenvalue weighted by atomic mass is 10.0. The molecule has 122 valence electrons. The van der Waals surface area contributed by atoms with Crippen molar-refractivity contribution in [3.05, 3.63) is 33.8 Å². The van der Waals surface area contributed by atoms with E-state index in [0.717, 1.165) is 49.5 Å². The maximum Gasteiger partial charge on any atom is 0.409 e. The summed E-state index contributed by atoms with van der Waals surface area (Å²) in [6.07, 6.45) is 2.75. The minimum absolute atomic E-state index is 0.186. The van der Waals surface area contributed by atoms with Crippen molar-refractivity contribution in [1.29, 1.82) is 0 Å². The minimum atomic E-state index is -0.186. The maximum atomic E-state index is 11.6. The molecular weight excluding hydrogens is 323 g/mol. The molecule has 0 aliphatic carbocycles.